The fourth-order valence-corrected chi connectivity index (χ4v) is 2.44. The van der Waals surface area contributed by atoms with Gasteiger partial charge in [0.1, 0.15) is 12.2 Å². The first-order valence-corrected chi connectivity index (χ1v) is 8.34. The lowest BCUT2D eigenvalue weighted by atomic mass is 10.2. The summed E-state index contributed by atoms with van der Waals surface area (Å²) >= 11 is 3.33. The summed E-state index contributed by atoms with van der Waals surface area (Å²) in [6.45, 7) is 3.81. The first-order chi connectivity index (χ1) is 11.4. The van der Waals surface area contributed by atoms with E-state index in [4.69, 9.17) is 4.74 Å². The van der Waals surface area contributed by atoms with Crippen LogP contribution in [-0.2, 0) is 9.59 Å². The van der Waals surface area contributed by atoms with Crippen LogP contribution in [0.3, 0.4) is 0 Å². The molecule has 0 atom stereocenters. The van der Waals surface area contributed by atoms with Crippen LogP contribution in [0.4, 0.5) is 11.4 Å². The molecule has 2 N–H and O–H groups in total. The van der Waals surface area contributed by atoms with Crippen LogP contribution < -0.4 is 15.4 Å². The molecular formula is C18H19BrN2O3. The second-order valence-corrected chi connectivity index (χ2v) is 6.36. The predicted octanol–water partition coefficient (Wildman–Crippen LogP) is 4.20. The maximum atomic E-state index is 12.1. The molecule has 0 saturated heterocycles. The quantitative estimate of drug-likeness (QED) is 0.726. The number of carbonyl (C=O) groups is 2. The summed E-state index contributed by atoms with van der Waals surface area (Å²) < 4.78 is 6.49. The number of amides is 2. The van der Waals surface area contributed by atoms with E-state index in [2.05, 4.69) is 26.6 Å². The third-order valence-corrected chi connectivity index (χ3v) is 3.45. The lowest BCUT2D eigenvalue weighted by molar-refractivity contribution is -0.123. The second-order valence-electron chi connectivity index (χ2n) is 5.45. The van der Waals surface area contributed by atoms with Crippen LogP contribution in [0, 0.1) is 0 Å². The smallest absolute Gasteiger partial charge is 0.233 e. The first kappa shape index (κ1) is 18.0. The monoisotopic (exact) mass is 390 g/mol. The molecular weight excluding hydrogens is 372 g/mol. The van der Waals surface area contributed by atoms with Gasteiger partial charge >= 0.3 is 0 Å². The maximum absolute atomic E-state index is 12.1. The van der Waals surface area contributed by atoms with Gasteiger partial charge in [0.2, 0.25) is 11.8 Å². The van der Waals surface area contributed by atoms with E-state index in [0.29, 0.717) is 17.1 Å². The highest BCUT2D eigenvalue weighted by atomic mass is 79.9. The Morgan fingerprint density at radius 3 is 2.46 bits per heavy atom. The summed E-state index contributed by atoms with van der Waals surface area (Å²) in [6.07, 6.45) is -0.286. The van der Waals surface area contributed by atoms with E-state index in [1.54, 1.807) is 36.4 Å². The highest BCUT2D eigenvalue weighted by molar-refractivity contribution is 9.10. The average molecular weight is 391 g/mol. The maximum Gasteiger partial charge on any atom is 0.233 e. The van der Waals surface area contributed by atoms with Gasteiger partial charge in [-0.05, 0) is 44.2 Å². The zero-order valence-corrected chi connectivity index (χ0v) is 15.1. The van der Waals surface area contributed by atoms with Crippen LogP contribution in [0.15, 0.2) is 53.0 Å². The summed E-state index contributed by atoms with van der Waals surface area (Å²) in [6, 6.07) is 14.3. The van der Waals surface area contributed by atoms with E-state index in [1.807, 2.05) is 26.0 Å². The summed E-state index contributed by atoms with van der Waals surface area (Å²) in [5.41, 5.74) is 1.18. The van der Waals surface area contributed by atoms with E-state index in [1.165, 1.54) is 0 Å². The van der Waals surface area contributed by atoms with Crippen molar-refractivity contribution < 1.29 is 14.3 Å². The average Bonchev–Trinajstić information content (AvgIpc) is 2.48. The van der Waals surface area contributed by atoms with Crippen LogP contribution >= 0.6 is 15.9 Å². The number of benzene rings is 2. The van der Waals surface area contributed by atoms with Crippen molar-refractivity contribution in [2.45, 2.75) is 26.4 Å². The second kappa shape index (κ2) is 8.49. The fourth-order valence-electron chi connectivity index (χ4n) is 2.04. The molecule has 0 heterocycles. The standard InChI is InChI=1S/C18H19BrN2O3/c1-12(2)24-16-9-4-3-8-15(16)21-18(23)11-17(22)20-14-7-5-6-13(19)10-14/h3-10,12H,11H2,1-2H3,(H,20,22)(H,21,23). The molecule has 0 bridgehead atoms. The van der Waals surface area contributed by atoms with Gasteiger partial charge in [-0.3, -0.25) is 9.59 Å². The van der Waals surface area contributed by atoms with E-state index >= 15 is 0 Å². The molecule has 0 aliphatic rings. The van der Waals surface area contributed by atoms with Crippen molar-refractivity contribution in [1.29, 1.82) is 0 Å². The van der Waals surface area contributed by atoms with Crippen molar-refractivity contribution in [3.05, 3.63) is 53.0 Å². The van der Waals surface area contributed by atoms with E-state index in [-0.39, 0.29) is 18.4 Å². The van der Waals surface area contributed by atoms with E-state index in [0.717, 1.165) is 4.47 Å². The molecule has 0 spiro atoms. The number of anilines is 2. The Balaban J connectivity index is 1.94. The lowest BCUT2D eigenvalue weighted by Crippen LogP contribution is -2.22. The molecule has 126 valence electrons. The van der Waals surface area contributed by atoms with Crippen LogP contribution in [0.25, 0.3) is 0 Å². The van der Waals surface area contributed by atoms with Crippen LogP contribution in [-0.4, -0.2) is 17.9 Å². The Labute approximate surface area is 149 Å². The Kier molecular flexibility index (Phi) is 6.37. The SMILES string of the molecule is CC(C)Oc1ccccc1NC(=O)CC(=O)Nc1cccc(Br)c1. The number of halogens is 1. The summed E-state index contributed by atoms with van der Waals surface area (Å²) in [4.78, 5) is 24.0. The van der Waals surface area contributed by atoms with Crippen LogP contribution in [0.1, 0.15) is 20.3 Å². The van der Waals surface area contributed by atoms with E-state index < -0.39 is 5.91 Å². The van der Waals surface area contributed by atoms with Gasteiger partial charge in [-0.1, -0.05) is 34.1 Å². The van der Waals surface area contributed by atoms with Crippen molar-refractivity contribution in [3.63, 3.8) is 0 Å². The molecule has 0 saturated carbocycles. The Hall–Kier alpha value is -2.34. The Morgan fingerprint density at radius 2 is 1.75 bits per heavy atom. The minimum Gasteiger partial charge on any atom is -0.489 e. The highest BCUT2D eigenvalue weighted by Crippen LogP contribution is 2.25. The van der Waals surface area contributed by atoms with Gasteiger partial charge < -0.3 is 15.4 Å². The molecule has 5 nitrogen and oxygen atoms in total. The number of rotatable bonds is 6. The first-order valence-electron chi connectivity index (χ1n) is 7.55. The fraction of sp³-hybridized carbons (Fsp3) is 0.222. The van der Waals surface area contributed by atoms with Crippen LogP contribution in [0.2, 0.25) is 0 Å². The lowest BCUT2D eigenvalue weighted by Gasteiger charge is -2.14. The molecule has 6 heteroatoms. The topological polar surface area (TPSA) is 67.4 Å². The van der Waals surface area contributed by atoms with Crippen LogP contribution in [0.5, 0.6) is 5.75 Å². The van der Waals surface area contributed by atoms with Gasteiger partial charge in [-0.2, -0.15) is 0 Å². The molecule has 0 unspecified atom stereocenters. The molecule has 0 aliphatic heterocycles. The zero-order valence-electron chi connectivity index (χ0n) is 13.5. The van der Waals surface area contributed by atoms with Crippen molar-refractivity contribution >= 4 is 39.1 Å². The number of nitrogens with one attached hydrogen (secondary N) is 2. The predicted molar refractivity (Wildman–Crippen MR) is 98.2 cm³/mol. The number of para-hydroxylation sites is 2. The summed E-state index contributed by atoms with van der Waals surface area (Å²) in [5.74, 6) is -0.205. The summed E-state index contributed by atoms with van der Waals surface area (Å²) in [7, 11) is 0. The molecule has 2 rings (SSSR count). The van der Waals surface area contributed by atoms with Gasteiger partial charge in [0.15, 0.2) is 0 Å². The molecule has 0 aromatic heterocycles. The van der Waals surface area contributed by atoms with Crippen molar-refractivity contribution in [3.8, 4) is 5.75 Å². The van der Waals surface area contributed by atoms with Gasteiger partial charge in [0, 0.05) is 10.2 Å². The normalized spacial score (nSPS) is 10.3. The molecule has 24 heavy (non-hydrogen) atoms. The van der Waals surface area contributed by atoms with Crippen molar-refractivity contribution in [1.82, 2.24) is 0 Å². The number of ether oxygens (including phenoxy) is 1. The Morgan fingerprint density at radius 1 is 1.04 bits per heavy atom. The Bertz CT molecular complexity index is 732. The molecule has 0 aliphatic carbocycles. The number of hydrogen-bond acceptors (Lipinski definition) is 3. The minimum absolute atomic E-state index is 0.0112. The molecule has 0 fully saturated rings. The van der Waals surface area contributed by atoms with Gasteiger partial charge in [0.05, 0.1) is 11.8 Å². The minimum atomic E-state index is -0.401. The van der Waals surface area contributed by atoms with E-state index in [9.17, 15) is 9.59 Å². The van der Waals surface area contributed by atoms with Gasteiger partial charge in [-0.25, -0.2) is 0 Å². The zero-order chi connectivity index (χ0) is 17.5. The molecule has 2 amide bonds. The summed E-state index contributed by atoms with van der Waals surface area (Å²) in [5, 5.41) is 5.40. The molecule has 0 radical (unpaired) electrons. The third-order valence-electron chi connectivity index (χ3n) is 2.95. The largest absolute Gasteiger partial charge is 0.489 e. The molecule has 2 aromatic carbocycles. The number of hydrogen-bond donors (Lipinski definition) is 2. The van der Waals surface area contributed by atoms with Crippen molar-refractivity contribution in [2.24, 2.45) is 0 Å². The van der Waals surface area contributed by atoms with Gasteiger partial charge in [-0.15, -0.1) is 0 Å². The van der Waals surface area contributed by atoms with Gasteiger partial charge in [0.25, 0.3) is 0 Å². The number of carbonyl (C=O) groups excluding carboxylic acids is 2. The highest BCUT2D eigenvalue weighted by Gasteiger charge is 2.13. The molecule has 2 aromatic rings. The van der Waals surface area contributed by atoms with Crippen molar-refractivity contribution in [2.75, 3.05) is 10.6 Å². The third kappa shape index (κ3) is 5.70.